The van der Waals surface area contributed by atoms with Crippen molar-refractivity contribution in [1.82, 2.24) is 0 Å². The van der Waals surface area contributed by atoms with Crippen molar-refractivity contribution in [3.8, 4) is 39.6 Å². The van der Waals surface area contributed by atoms with Gasteiger partial charge in [0.15, 0.2) is 6.17 Å². The van der Waals surface area contributed by atoms with Gasteiger partial charge in [0, 0.05) is 28.4 Å². The van der Waals surface area contributed by atoms with Crippen molar-refractivity contribution in [3.63, 3.8) is 0 Å². The molecule has 0 spiro atoms. The lowest BCUT2D eigenvalue weighted by Crippen LogP contribution is -2.30. The molecule has 37 heavy (non-hydrogen) atoms. The summed E-state index contributed by atoms with van der Waals surface area (Å²) in [7, 11) is 1.54. The fourth-order valence-electron chi connectivity index (χ4n) is 4.89. The van der Waals surface area contributed by atoms with Gasteiger partial charge < -0.3 is 4.42 Å². The first-order valence-electron chi connectivity index (χ1n) is 13.4. The second kappa shape index (κ2) is 8.72. The molecule has 0 fully saturated rings. The fraction of sp³-hybridized carbons (Fsp3) is 0.0909. The Labute approximate surface area is 218 Å². The molecule has 6 rings (SSSR count). The number of hydrogen-bond acceptors (Lipinski definition) is 2. The maximum atomic E-state index is 14.8. The molecule has 0 radical (unpaired) electrons. The molecule has 0 aliphatic carbocycles. The lowest BCUT2D eigenvalue weighted by Gasteiger charge is -2.08. The highest BCUT2D eigenvalue weighted by molar-refractivity contribution is 6.14. The first kappa shape index (κ1) is 19.4. The summed E-state index contributed by atoms with van der Waals surface area (Å²) in [4.78, 5) is 0. The van der Waals surface area contributed by atoms with Gasteiger partial charge in [-0.3, -0.25) is 0 Å². The minimum Gasteiger partial charge on any atom is -0.454 e. The summed E-state index contributed by atoms with van der Waals surface area (Å²) in [6.45, 7) is 3.89. The van der Waals surface area contributed by atoms with Gasteiger partial charge in [-0.15, -0.1) is 0 Å². The van der Waals surface area contributed by atoms with Gasteiger partial charge in [-0.2, -0.15) is 5.26 Å². The number of halogens is 1. The van der Waals surface area contributed by atoms with Crippen LogP contribution in [0.15, 0.2) is 95.5 Å². The van der Waals surface area contributed by atoms with E-state index in [0.717, 1.165) is 33.0 Å². The summed E-state index contributed by atoms with van der Waals surface area (Å²) in [5.74, 6) is -1.05. The van der Waals surface area contributed by atoms with E-state index in [9.17, 15) is 9.65 Å². The predicted molar refractivity (Wildman–Crippen MR) is 145 cm³/mol. The Balaban J connectivity index is 1.62. The summed E-state index contributed by atoms with van der Waals surface area (Å²) in [5.41, 5.74) is 7.59. The van der Waals surface area contributed by atoms with Crippen LogP contribution in [0.1, 0.15) is 20.8 Å². The maximum absolute atomic E-state index is 14.8. The standard InChI is InChI=1S/C33H24FN2O/c1-20-4-7-22(8-5-20)23-9-11-24(12-10-23)31-25(19-35)13-15-28-27-14-6-21(2)30(32(27)37-33(28)31)29-18-26(34)16-17-36(29)3/h4-18H,1-3H3/q+1/i16D,17D,18D. The Kier molecular flexibility index (Phi) is 4.58. The fourth-order valence-corrected chi connectivity index (χ4v) is 4.89. The van der Waals surface area contributed by atoms with Crippen molar-refractivity contribution in [3.05, 3.63) is 114 Å². The van der Waals surface area contributed by atoms with Crippen LogP contribution in [0.5, 0.6) is 0 Å². The zero-order chi connectivity index (χ0) is 28.3. The lowest BCUT2D eigenvalue weighted by atomic mass is 9.94. The Morgan fingerprint density at radius 3 is 2.08 bits per heavy atom. The molecule has 4 aromatic carbocycles. The van der Waals surface area contributed by atoms with E-state index >= 15 is 0 Å². The number of rotatable bonds is 3. The molecule has 0 saturated carbocycles. The first-order valence-corrected chi connectivity index (χ1v) is 11.9. The Morgan fingerprint density at radius 1 is 0.811 bits per heavy atom. The predicted octanol–water partition coefficient (Wildman–Crippen LogP) is 8.04. The SMILES string of the molecule is [2H]c1c(F)c([2H])c(-c2c(C)ccc3c2oc2c(-c4ccc(-c5ccc(C)cc5)cc4)c(C#N)ccc23)[n+](C)c1[2H]. The molecule has 2 aromatic heterocycles. The van der Waals surface area contributed by atoms with E-state index in [1.807, 2.05) is 49.4 Å². The second-order valence-corrected chi connectivity index (χ2v) is 9.24. The molecule has 0 N–H and O–H groups in total. The number of nitriles is 1. The number of pyridine rings is 1. The van der Waals surface area contributed by atoms with Crippen molar-refractivity contribution in [1.29, 1.82) is 5.26 Å². The van der Waals surface area contributed by atoms with Crippen LogP contribution >= 0.6 is 0 Å². The summed E-state index contributed by atoms with van der Waals surface area (Å²) in [6.07, 6.45) is -0.336. The van der Waals surface area contributed by atoms with Gasteiger partial charge in [0.05, 0.1) is 19.9 Å². The van der Waals surface area contributed by atoms with Crippen LogP contribution < -0.4 is 4.57 Å². The molecule has 0 amide bonds. The number of benzene rings is 4. The van der Waals surface area contributed by atoms with E-state index in [4.69, 9.17) is 8.53 Å². The molecular weight excluding hydrogens is 459 g/mol. The number of furan rings is 1. The second-order valence-electron chi connectivity index (χ2n) is 9.24. The van der Waals surface area contributed by atoms with Crippen LogP contribution in [-0.2, 0) is 7.05 Å². The monoisotopic (exact) mass is 486 g/mol. The Bertz CT molecular complexity index is 1990. The van der Waals surface area contributed by atoms with E-state index in [1.165, 1.54) is 10.1 Å². The highest BCUT2D eigenvalue weighted by atomic mass is 19.1. The highest BCUT2D eigenvalue weighted by Gasteiger charge is 2.23. The molecular formula is C33H24FN2O+. The number of fused-ring (bicyclic) bond motifs is 3. The number of aryl methyl sites for hydroxylation is 2. The normalized spacial score (nSPS) is 12.4. The van der Waals surface area contributed by atoms with Crippen molar-refractivity contribution in [2.24, 2.45) is 7.05 Å². The zero-order valence-electron chi connectivity index (χ0n) is 23.6. The number of aromatic nitrogens is 1. The van der Waals surface area contributed by atoms with Gasteiger partial charge in [-0.05, 0) is 48.2 Å². The highest BCUT2D eigenvalue weighted by Crippen LogP contribution is 2.42. The molecule has 0 unspecified atom stereocenters. The van der Waals surface area contributed by atoms with Crippen LogP contribution in [0, 0.1) is 31.0 Å². The van der Waals surface area contributed by atoms with Crippen molar-refractivity contribution in [2.75, 3.05) is 0 Å². The molecule has 4 heteroatoms. The summed E-state index contributed by atoms with van der Waals surface area (Å²) < 4.78 is 47.3. The van der Waals surface area contributed by atoms with Crippen molar-refractivity contribution in [2.45, 2.75) is 13.8 Å². The average Bonchev–Trinajstić information content (AvgIpc) is 3.35. The lowest BCUT2D eigenvalue weighted by molar-refractivity contribution is -0.660. The third-order valence-corrected chi connectivity index (χ3v) is 6.83. The molecule has 0 atom stereocenters. The quantitative estimate of drug-likeness (QED) is 0.238. The molecule has 0 saturated heterocycles. The van der Waals surface area contributed by atoms with E-state index in [-0.39, 0.29) is 11.9 Å². The van der Waals surface area contributed by atoms with Gasteiger partial charge in [0.2, 0.25) is 5.69 Å². The minimum absolute atomic E-state index is 0.158. The summed E-state index contributed by atoms with van der Waals surface area (Å²) in [5, 5.41) is 11.5. The molecule has 0 bridgehead atoms. The van der Waals surface area contributed by atoms with Crippen LogP contribution in [-0.4, -0.2) is 0 Å². The number of hydrogen-bond donors (Lipinski definition) is 0. The average molecular weight is 487 g/mol. The van der Waals surface area contributed by atoms with Crippen LogP contribution in [0.2, 0.25) is 0 Å². The van der Waals surface area contributed by atoms with Crippen molar-refractivity contribution < 1.29 is 17.5 Å². The Hall–Kier alpha value is -4.75. The maximum Gasteiger partial charge on any atom is 0.219 e. The van der Waals surface area contributed by atoms with Gasteiger partial charge in [-0.1, -0.05) is 66.2 Å². The molecule has 0 aliphatic rings. The smallest absolute Gasteiger partial charge is 0.219 e. The van der Waals surface area contributed by atoms with Gasteiger partial charge in [-0.25, -0.2) is 8.96 Å². The molecule has 178 valence electrons. The van der Waals surface area contributed by atoms with Crippen LogP contribution in [0.25, 0.3) is 55.4 Å². The third kappa shape index (κ3) is 3.77. The van der Waals surface area contributed by atoms with E-state index < -0.39 is 17.9 Å². The number of nitrogens with zero attached hydrogens (tertiary/aromatic N) is 2. The van der Waals surface area contributed by atoms with Crippen molar-refractivity contribution >= 4 is 21.9 Å². The Morgan fingerprint density at radius 2 is 1.41 bits per heavy atom. The third-order valence-electron chi connectivity index (χ3n) is 6.83. The topological polar surface area (TPSA) is 40.8 Å². The molecule has 6 aromatic rings. The van der Waals surface area contributed by atoms with Gasteiger partial charge >= 0.3 is 0 Å². The summed E-state index contributed by atoms with van der Waals surface area (Å²) in [6, 6.07) is 24.9. The van der Waals surface area contributed by atoms with Crippen LogP contribution in [0.4, 0.5) is 4.39 Å². The zero-order valence-corrected chi connectivity index (χ0v) is 20.6. The molecule has 0 aliphatic heterocycles. The minimum atomic E-state index is -1.05. The van der Waals surface area contributed by atoms with E-state index in [0.29, 0.717) is 27.9 Å². The van der Waals surface area contributed by atoms with E-state index in [1.54, 1.807) is 13.1 Å². The molecule has 3 nitrogen and oxygen atoms in total. The van der Waals surface area contributed by atoms with Crippen LogP contribution in [0.3, 0.4) is 0 Å². The molecule has 2 heterocycles. The van der Waals surface area contributed by atoms with E-state index in [2.05, 4.69) is 37.3 Å². The van der Waals surface area contributed by atoms with Gasteiger partial charge in [0.25, 0.3) is 0 Å². The largest absolute Gasteiger partial charge is 0.454 e. The summed E-state index contributed by atoms with van der Waals surface area (Å²) >= 11 is 0. The first-order chi connectivity index (χ1) is 19.2. The van der Waals surface area contributed by atoms with Gasteiger partial charge in [0.1, 0.15) is 25.4 Å².